The third kappa shape index (κ3) is 4.90. The number of nitrogens with one attached hydrogen (secondary N) is 1. The first-order valence-electron chi connectivity index (χ1n) is 7.67. The molecule has 118 valence electrons. The van der Waals surface area contributed by atoms with Gasteiger partial charge in [-0.15, -0.1) is 0 Å². The summed E-state index contributed by atoms with van der Waals surface area (Å²) in [6.07, 6.45) is 1.97. The summed E-state index contributed by atoms with van der Waals surface area (Å²) in [5.74, 6) is 1.72. The van der Waals surface area contributed by atoms with E-state index in [2.05, 4.69) is 38.2 Å². The number of benzene rings is 1. The van der Waals surface area contributed by atoms with Crippen molar-refractivity contribution >= 4 is 0 Å². The van der Waals surface area contributed by atoms with E-state index in [9.17, 15) is 0 Å². The molecule has 4 nitrogen and oxygen atoms in total. The highest BCUT2D eigenvalue weighted by Crippen LogP contribution is 2.30. The van der Waals surface area contributed by atoms with Crippen LogP contribution in [0.3, 0.4) is 0 Å². The Kier molecular flexibility index (Phi) is 5.48. The summed E-state index contributed by atoms with van der Waals surface area (Å²) in [6.45, 7) is 8.65. The van der Waals surface area contributed by atoms with Gasteiger partial charge in [0.25, 0.3) is 0 Å². The topological polar surface area (TPSA) is 39.7 Å². The van der Waals surface area contributed by atoms with Crippen LogP contribution in [0.15, 0.2) is 18.2 Å². The minimum absolute atomic E-state index is 0.0799. The molecule has 0 amide bonds. The summed E-state index contributed by atoms with van der Waals surface area (Å²) in [6, 6.07) is 6.62. The first-order chi connectivity index (χ1) is 10.00. The smallest absolute Gasteiger partial charge is 0.161 e. The maximum Gasteiger partial charge on any atom is 0.161 e. The molecule has 1 aromatic rings. The zero-order valence-electron chi connectivity index (χ0n) is 13.6. The quantitative estimate of drug-likeness (QED) is 0.839. The molecular weight excluding hydrogens is 266 g/mol. The van der Waals surface area contributed by atoms with Gasteiger partial charge in [0.15, 0.2) is 11.5 Å². The van der Waals surface area contributed by atoms with Gasteiger partial charge >= 0.3 is 0 Å². The van der Waals surface area contributed by atoms with Crippen molar-refractivity contribution in [3.05, 3.63) is 23.8 Å². The molecule has 0 bridgehead atoms. The molecule has 1 heterocycles. The fourth-order valence-corrected chi connectivity index (χ4v) is 2.60. The van der Waals surface area contributed by atoms with Crippen molar-refractivity contribution in [2.24, 2.45) is 0 Å². The Morgan fingerprint density at radius 1 is 1.24 bits per heavy atom. The zero-order valence-corrected chi connectivity index (χ0v) is 13.6. The Balaban J connectivity index is 1.78. The molecular formula is C17H27NO3. The van der Waals surface area contributed by atoms with Crippen LogP contribution >= 0.6 is 0 Å². The lowest BCUT2D eigenvalue weighted by Crippen LogP contribution is -2.36. The van der Waals surface area contributed by atoms with Gasteiger partial charge in [0, 0.05) is 13.2 Å². The Morgan fingerprint density at radius 3 is 2.67 bits per heavy atom. The van der Waals surface area contributed by atoms with Crippen LogP contribution in [-0.2, 0) is 11.2 Å². The van der Waals surface area contributed by atoms with Gasteiger partial charge in [-0.1, -0.05) is 6.07 Å². The second-order valence-corrected chi connectivity index (χ2v) is 6.25. The largest absolute Gasteiger partial charge is 0.486 e. The molecule has 0 spiro atoms. The van der Waals surface area contributed by atoms with E-state index >= 15 is 0 Å². The molecule has 0 aromatic heterocycles. The fourth-order valence-electron chi connectivity index (χ4n) is 2.60. The number of hydrogen-bond donors (Lipinski definition) is 1. The van der Waals surface area contributed by atoms with Crippen molar-refractivity contribution in [2.75, 3.05) is 26.9 Å². The van der Waals surface area contributed by atoms with Crippen LogP contribution in [0.25, 0.3) is 0 Å². The zero-order chi connectivity index (χ0) is 15.3. The van der Waals surface area contributed by atoms with Gasteiger partial charge in [-0.2, -0.15) is 0 Å². The molecule has 0 radical (unpaired) electrons. The summed E-state index contributed by atoms with van der Waals surface area (Å²) in [5, 5.41) is 3.55. The van der Waals surface area contributed by atoms with Crippen LogP contribution < -0.4 is 14.8 Å². The maximum absolute atomic E-state index is 5.61. The molecule has 2 rings (SSSR count). The average molecular weight is 293 g/mol. The van der Waals surface area contributed by atoms with Crippen LogP contribution in [0.5, 0.6) is 11.5 Å². The summed E-state index contributed by atoms with van der Waals surface area (Å²) in [5.41, 5.74) is 1.19. The van der Waals surface area contributed by atoms with Gasteiger partial charge in [0.1, 0.15) is 13.2 Å². The minimum Gasteiger partial charge on any atom is -0.486 e. The maximum atomic E-state index is 5.61. The monoisotopic (exact) mass is 293 g/mol. The third-order valence-corrected chi connectivity index (χ3v) is 3.86. The Morgan fingerprint density at radius 2 is 1.95 bits per heavy atom. The molecule has 0 fully saturated rings. The third-order valence-electron chi connectivity index (χ3n) is 3.86. The van der Waals surface area contributed by atoms with Crippen molar-refractivity contribution in [3.8, 4) is 11.5 Å². The van der Waals surface area contributed by atoms with E-state index in [1.807, 2.05) is 6.07 Å². The molecule has 1 aliphatic heterocycles. The standard InChI is InChI=1S/C17H27NO3/c1-13(12-17(2,3)19-4)18-8-7-14-5-6-15-16(11-14)21-10-9-20-15/h5-6,11,13,18H,7-10,12H2,1-4H3. The van der Waals surface area contributed by atoms with E-state index in [0.717, 1.165) is 30.9 Å². The Hall–Kier alpha value is -1.26. The second-order valence-electron chi connectivity index (χ2n) is 6.25. The molecule has 4 heteroatoms. The Bertz CT molecular complexity index is 459. The molecule has 1 aromatic carbocycles. The second kappa shape index (κ2) is 7.14. The first kappa shape index (κ1) is 16.1. The van der Waals surface area contributed by atoms with Crippen molar-refractivity contribution < 1.29 is 14.2 Å². The van der Waals surface area contributed by atoms with Gasteiger partial charge in [-0.25, -0.2) is 0 Å². The van der Waals surface area contributed by atoms with Crippen LogP contribution in [0.1, 0.15) is 32.8 Å². The van der Waals surface area contributed by atoms with Gasteiger partial charge in [0.2, 0.25) is 0 Å². The predicted molar refractivity (Wildman–Crippen MR) is 84.3 cm³/mol. The van der Waals surface area contributed by atoms with E-state index in [1.165, 1.54) is 5.56 Å². The van der Waals surface area contributed by atoms with Crippen molar-refractivity contribution in [3.63, 3.8) is 0 Å². The van der Waals surface area contributed by atoms with Gasteiger partial charge in [-0.3, -0.25) is 0 Å². The molecule has 1 aliphatic rings. The number of fused-ring (bicyclic) bond motifs is 1. The summed E-state index contributed by atoms with van der Waals surface area (Å²) < 4.78 is 16.6. The van der Waals surface area contributed by atoms with Crippen molar-refractivity contribution in [1.82, 2.24) is 5.32 Å². The molecule has 21 heavy (non-hydrogen) atoms. The molecule has 1 atom stereocenters. The van der Waals surface area contributed by atoms with Gasteiger partial charge in [-0.05, 0) is 57.9 Å². The van der Waals surface area contributed by atoms with E-state index in [0.29, 0.717) is 19.3 Å². The Labute approximate surface area is 127 Å². The van der Waals surface area contributed by atoms with E-state index in [1.54, 1.807) is 7.11 Å². The highest BCUT2D eigenvalue weighted by atomic mass is 16.6. The highest BCUT2D eigenvalue weighted by molar-refractivity contribution is 5.43. The number of hydrogen-bond acceptors (Lipinski definition) is 4. The SMILES string of the molecule is COC(C)(C)CC(C)NCCc1ccc2c(c1)OCCO2. The lowest BCUT2D eigenvalue weighted by atomic mass is 9.99. The molecule has 0 saturated carbocycles. The summed E-state index contributed by atoms with van der Waals surface area (Å²) in [7, 11) is 1.77. The van der Waals surface area contributed by atoms with Gasteiger partial charge in [0.05, 0.1) is 5.60 Å². The molecule has 0 aliphatic carbocycles. The minimum atomic E-state index is -0.0799. The van der Waals surface area contributed by atoms with Crippen LogP contribution in [0.4, 0.5) is 0 Å². The van der Waals surface area contributed by atoms with E-state index in [-0.39, 0.29) is 5.60 Å². The fraction of sp³-hybridized carbons (Fsp3) is 0.647. The van der Waals surface area contributed by atoms with Crippen LogP contribution in [0, 0.1) is 0 Å². The first-order valence-corrected chi connectivity index (χ1v) is 7.67. The van der Waals surface area contributed by atoms with Crippen LogP contribution in [-0.4, -0.2) is 38.5 Å². The molecule has 1 N–H and O–H groups in total. The lowest BCUT2D eigenvalue weighted by molar-refractivity contribution is 0.00865. The lowest BCUT2D eigenvalue weighted by Gasteiger charge is -2.27. The van der Waals surface area contributed by atoms with E-state index in [4.69, 9.17) is 14.2 Å². The number of ether oxygens (including phenoxy) is 3. The van der Waals surface area contributed by atoms with Crippen molar-refractivity contribution in [2.45, 2.75) is 45.3 Å². The molecule has 1 unspecified atom stereocenters. The summed E-state index contributed by atoms with van der Waals surface area (Å²) in [4.78, 5) is 0. The van der Waals surface area contributed by atoms with Crippen LogP contribution in [0.2, 0.25) is 0 Å². The highest BCUT2D eigenvalue weighted by Gasteiger charge is 2.19. The van der Waals surface area contributed by atoms with Gasteiger partial charge < -0.3 is 19.5 Å². The van der Waals surface area contributed by atoms with Crippen molar-refractivity contribution in [1.29, 1.82) is 0 Å². The molecule has 0 saturated heterocycles. The summed E-state index contributed by atoms with van der Waals surface area (Å²) >= 11 is 0. The number of rotatable bonds is 7. The normalized spacial score (nSPS) is 15.8. The van der Waals surface area contributed by atoms with E-state index < -0.39 is 0 Å². The predicted octanol–water partition coefficient (Wildman–Crippen LogP) is 2.79. The number of methoxy groups -OCH3 is 1. The average Bonchev–Trinajstić information content (AvgIpc) is 2.46.